The van der Waals surface area contributed by atoms with E-state index in [1.54, 1.807) is 0 Å². The molecule has 0 atom stereocenters. The summed E-state index contributed by atoms with van der Waals surface area (Å²) in [5.41, 5.74) is 6.77. The van der Waals surface area contributed by atoms with E-state index >= 15 is 0 Å². The summed E-state index contributed by atoms with van der Waals surface area (Å²) < 4.78 is 2.37. The van der Waals surface area contributed by atoms with Crippen LogP contribution in [-0.4, -0.2) is 14.5 Å². The molecule has 6 aromatic carbocycles. The Bertz CT molecular complexity index is 2490. The van der Waals surface area contributed by atoms with Gasteiger partial charge in [0.25, 0.3) is 0 Å². The van der Waals surface area contributed by atoms with E-state index in [9.17, 15) is 0 Å². The van der Waals surface area contributed by atoms with Crippen molar-refractivity contribution < 1.29 is 0 Å². The Labute approximate surface area is 299 Å². The molecule has 9 aromatic rings. The first-order valence-corrected chi connectivity index (χ1v) is 18.7. The highest BCUT2D eigenvalue weighted by atomic mass is 32.3. The maximum Gasteiger partial charge on any atom is 0.0541 e. The maximum atomic E-state index is 4.72. The zero-order chi connectivity index (χ0) is 34.0. The summed E-state index contributed by atoms with van der Waals surface area (Å²) in [6.07, 6.45) is 7.80. The van der Waals surface area contributed by atoms with Gasteiger partial charge < -0.3 is 9.47 Å². The molecule has 0 aliphatic carbocycles. The molecule has 0 fully saturated rings. The smallest absolute Gasteiger partial charge is 0.0541 e. The van der Waals surface area contributed by atoms with E-state index in [2.05, 4.69) is 191 Å². The summed E-state index contributed by atoms with van der Waals surface area (Å²) >= 11 is 0. The van der Waals surface area contributed by atoms with Crippen LogP contribution in [0.2, 0.25) is 0 Å². The zero-order valence-electron chi connectivity index (χ0n) is 27.8. The topological polar surface area (TPSA) is 34.0 Å². The first-order chi connectivity index (χ1) is 25.3. The third-order valence-electron chi connectivity index (χ3n) is 9.45. The molecule has 0 aliphatic rings. The van der Waals surface area contributed by atoms with E-state index < -0.39 is 10.0 Å². The number of nitrogens with zero attached hydrogens (tertiary/aromatic N) is 4. The summed E-state index contributed by atoms with van der Waals surface area (Å²) in [5, 5.41) is 2.43. The molecule has 9 rings (SSSR count). The van der Waals surface area contributed by atoms with E-state index in [1.165, 1.54) is 31.6 Å². The largest absolute Gasteiger partial charge is 0.310 e. The Morgan fingerprint density at radius 1 is 0.392 bits per heavy atom. The van der Waals surface area contributed by atoms with Crippen LogP contribution in [0.25, 0.3) is 27.5 Å². The maximum absolute atomic E-state index is 4.72. The molecule has 0 bridgehead atoms. The molecule has 4 nitrogen and oxygen atoms in total. The predicted molar refractivity (Wildman–Crippen MR) is 211 cm³/mol. The number of benzene rings is 6. The van der Waals surface area contributed by atoms with E-state index in [0.29, 0.717) is 0 Å². The standard InChI is InChI=1S/C46H34N4S/c1-4-15-35(16-5-1)49(36-17-6-2-7-18-36)38-21-12-22-39(31-38)51(41-23-13-29-47-33-41,42-24-14-30-48-34-42)40-27-28-46-44(32-40)43-25-10-11-26-45(43)50(46)37-19-8-3-9-20-37/h1-34H. The van der Waals surface area contributed by atoms with E-state index in [-0.39, 0.29) is 0 Å². The van der Waals surface area contributed by atoms with Crippen LogP contribution in [0, 0.1) is 0 Å². The number of para-hydroxylation sites is 4. The Morgan fingerprint density at radius 2 is 0.922 bits per heavy atom. The number of fused-ring (bicyclic) bond motifs is 3. The highest BCUT2D eigenvalue weighted by Gasteiger charge is 2.35. The van der Waals surface area contributed by atoms with Gasteiger partial charge in [0, 0.05) is 77.9 Å². The lowest BCUT2D eigenvalue weighted by Gasteiger charge is -2.42. The Hall–Kier alpha value is -6.43. The van der Waals surface area contributed by atoms with Crippen molar-refractivity contribution in [1.82, 2.24) is 14.5 Å². The van der Waals surface area contributed by atoms with Crippen molar-refractivity contribution in [2.24, 2.45) is 0 Å². The molecule has 51 heavy (non-hydrogen) atoms. The van der Waals surface area contributed by atoms with Gasteiger partial charge in [0.2, 0.25) is 0 Å². The van der Waals surface area contributed by atoms with Crippen molar-refractivity contribution in [3.05, 3.63) is 207 Å². The number of rotatable bonds is 8. The minimum absolute atomic E-state index is 1.08. The second-order valence-electron chi connectivity index (χ2n) is 12.4. The highest BCUT2D eigenvalue weighted by molar-refractivity contribution is 8.34. The molecule has 0 spiro atoms. The van der Waals surface area contributed by atoms with Crippen LogP contribution in [-0.2, 0) is 0 Å². The second kappa shape index (κ2) is 13.1. The van der Waals surface area contributed by atoms with Crippen molar-refractivity contribution in [2.45, 2.75) is 19.6 Å². The van der Waals surface area contributed by atoms with Crippen molar-refractivity contribution in [1.29, 1.82) is 0 Å². The van der Waals surface area contributed by atoms with Crippen molar-refractivity contribution in [2.75, 3.05) is 4.90 Å². The van der Waals surface area contributed by atoms with Crippen LogP contribution in [0.4, 0.5) is 17.1 Å². The van der Waals surface area contributed by atoms with Gasteiger partial charge in [-0.15, -0.1) is 10.0 Å². The predicted octanol–water partition coefficient (Wildman–Crippen LogP) is 12.4. The highest BCUT2D eigenvalue weighted by Crippen LogP contribution is 2.73. The minimum Gasteiger partial charge on any atom is -0.310 e. The van der Waals surface area contributed by atoms with E-state index in [4.69, 9.17) is 9.97 Å². The first-order valence-electron chi connectivity index (χ1n) is 17.0. The average molecular weight is 675 g/mol. The van der Waals surface area contributed by atoms with Gasteiger partial charge in [-0.1, -0.05) is 78.9 Å². The van der Waals surface area contributed by atoms with Gasteiger partial charge >= 0.3 is 0 Å². The van der Waals surface area contributed by atoms with Gasteiger partial charge in [-0.3, -0.25) is 9.97 Å². The van der Waals surface area contributed by atoms with Gasteiger partial charge in [0.1, 0.15) is 0 Å². The van der Waals surface area contributed by atoms with Gasteiger partial charge in [0.15, 0.2) is 0 Å². The Balaban J connectivity index is 1.35. The SMILES string of the molecule is c1ccc(N(c2ccccc2)c2cccc(S(c3cccnc3)(c3cccnc3)c3ccc4c(c3)c3ccccc3n4-c3ccccc3)c2)cc1. The quantitative estimate of drug-likeness (QED) is 0.161. The molecule has 0 N–H and O–H groups in total. The van der Waals surface area contributed by atoms with Crippen LogP contribution >= 0.6 is 10.0 Å². The molecule has 0 saturated heterocycles. The minimum atomic E-state index is -2.11. The molecular weight excluding hydrogens is 641 g/mol. The lowest BCUT2D eigenvalue weighted by Crippen LogP contribution is -2.11. The molecule has 0 aliphatic heterocycles. The van der Waals surface area contributed by atoms with Gasteiger partial charge in [0.05, 0.1) is 11.0 Å². The van der Waals surface area contributed by atoms with Crippen molar-refractivity contribution in [3.63, 3.8) is 0 Å². The summed E-state index contributed by atoms with van der Waals surface area (Å²) in [4.78, 5) is 16.5. The van der Waals surface area contributed by atoms with Gasteiger partial charge in [-0.2, -0.15) is 0 Å². The number of hydrogen-bond acceptors (Lipinski definition) is 3. The second-order valence-corrected chi connectivity index (χ2v) is 15.5. The van der Waals surface area contributed by atoms with Crippen LogP contribution in [0.3, 0.4) is 0 Å². The van der Waals surface area contributed by atoms with Gasteiger partial charge in [-0.25, -0.2) is 0 Å². The summed E-state index contributed by atoms with van der Waals surface area (Å²) in [6.45, 7) is 0. The summed E-state index contributed by atoms with van der Waals surface area (Å²) in [5.74, 6) is 0. The molecular formula is C46H34N4S. The molecule has 0 amide bonds. The number of aromatic nitrogens is 3. The lowest BCUT2D eigenvalue weighted by molar-refractivity contribution is 1.15. The van der Waals surface area contributed by atoms with Crippen LogP contribution in [0.5, 0.6) is 0 Å². The Morgan fingerprint density at radius 3 is 1.55 bits per heavy atom. The fraction of sp³-hybridized carbons (Fsp3) is 0. The first kappa shape index (κ1) is 30.6. The summed E-state index contributed by atoms with van der Waals surface area (Å²) in [6, 6.07) is 65.2. The van der Waals surface area contributed by atoms with Crippen LogP contribution in [0.1, 0.15) is 0 Å². The number of anilines is 3. The van der Waals surface area contributed by atoms with E-state index in [1.807, 2.05) is 24.8 Å². The molecule has 0 unspecified atom stereocenters. The lowest BCUT2D eigenvalue weighted by atomic mass is 10.1. The normalized spacial score (nSPS) is 11.8. The van der Waals surface area contributed by atoms with E-state index in [0.717, 1.165) is 32.5 Å². The molecule has 0 radical (unpaired) electrons. The monoisotopic (exact) mass is 674 g/mol. The number of pyridine rings is 2. The Kier molecular flexibility index (Phi) is 7.88. The molecule has 0 saturated carbocycles. The average Bonchev–Trinajstić information content (AvgIpc) is 3.54. The third kappa shape index (κ3) is 5.27. The van der Waals surface area contributed by atoms with Crippen LogP contribution in [0.15, 0.2) is 226 Å². The zero-order valence-corrected chi connectivity index (χ0v) is 28.6. The molecule has 244 valence electrons. The van der Waals surface area contributed by atoms with Crippen molar-refractivity contribution >= 4 is 48.9 Å². The van der Waals surface area contributed by atoms with Gasteiger partial charge in [-0.05, 0) is 103 Å². The molecule has 3 heterocycles. The summed E-state index contributed by atoms with van der Waals surface area (Å²) in [7, 11) is -2.11. The van der Waals surface area contributed by atoms with Crippen LogP contribution < -0.4 is 4.90 Å². The molecule has 3 aromatic heterocycles. The number of hydrogen-bond donors (Lipinski definition) is 0. The fourth-order valence-electron chi connectivity index (χ4n) is 7.29. The molecule has 5 heteroatoms. The third-order valence-corrected chi connectivity index (χ3v) is 13.3. The van der Waals surface area contributed by atoms with Crippen molar-refractivity contribution in [3.8, 4) is 5.69 Å². The fourth-order valence-corrected chi connectivity index (χ4v) is 11.1.